The topological polar surface area (TPSA) is 77.5 Å². The standard InChI is InChI=1S/C20H24ClN5O3S/c1-24-9-10-25(2)23-18(24)13-3-5-14(6-4-13)26-12-15(29-20(26)28)11-22-19(27)16-7-8-17(21)30-16/h3-6,8,15-16H,7,9-12H2,1-2H3,(H,22,27)/t15-,16?/m0/s1. The Morgan fingerprint density at radius 3 is 2.77 bits per heavy atom. The Balaban J connectivity index is 1.34. The third kappa shape index (κ3) is 4.52. The summed E-state index contributed by atoms with van der Waals surface area (Å²) in [6, 6.07) is 7.71. The van der Waals surface area contributed by atoms with Crippen molar-refractivity contribution in [3.63, 3.8) is 0 Å². The molecule has 0 radical (unpaired) electrons. The second kappa shape index (κ2) is 8.77. The highest BCUT2D eigenvalue weighted by atomic mass is 35.5. The van der Waals surface area contributed by atoms with E-state index < -0.39 is 12.2 Å². The molecular formula is C20H24ClN5O3S. The SMILES string of the molecule is CN1CCN(C)C(c2ccc(N3C[C@H](CNC(=O)C4CC=C(Cl)S4)OC3=O)cc2)=N1. The number of ether oxygens (including phenoxy) is 1. The lowest BCUT2D eigenvalue weighted by molar-refractivity contribution is -0.120. The van der Waals surface area contributed by atoms with Crippen molar-refractivity contribution in [2.45, 2.75) is 17.8 Å². The summed E-state index contributed by atoms with van der Waals surface area (Å²) in [6.07, 6.45) is 1.66. The van der Waals surface area contributed by atoms with E-state index in [0.29, 0.717) is 17.3 Å². The van der Waals surface area contributed by atoms with Crippen LogP contribution < -0.4 is 10.2 Å². The maximum atomic E-state index is 12.3. The summed E-state index contributed by atoms with van der Waals surface area (Å²) in [6.45, 7) is 2.46. The normalized spacial score (nSPS) is 24.0. The zero-order chi connectivity index (χ0) is 21.3. The minimum absolute atomic E-state index is 0.0897. The highest BCUT2D eigenvalue weighted by Gasteiger charge is 2.33. The van der Waals surface area contributed by atoms with Crippen molar-refractivity contribution in [1.82, 2.24) is 15.2 Å². The van der Waals surface area contributed by atoms with E-state index in [1.807, 2.05) is 49.4 Å². The van der Waals surface area contributed by atoms with Crippen LogP contribution in [0.1, 0.15) is 12.0 Å². The number of likely N-dealkylation sites (N-methyl/N-ethyl adjacent to an activating group) is 2. The van der Waals surface area contributed by atoms with Gasteiger partial charge in [0.15, 0.2) is 5.84 Å². The van der Waals surface area contributed by atoms with E-state index in [2.05, 4.69) is 15.3 Å². The molecule has 1 aromatic rings. The maximum Gasteiger partial charge on any atom is 0.414 e. The Morgan fingerprint density at radius 2 is 2.07 bits per heavy atom. The van der Waals surface area contributed by atoms with E-state index in [9.17, 15) is 9.59 Å². The molecule has 3 aliphatic rings. The minimum atomic E-state index is -0.409. The smallest absolute Gasteiger partial charge is 0.414 e. The Kier molecular flexibility index (Phi) is 6.10. The van der Waals surface area contributed by atoms with E-state index in [1.165, 1.54) is 11.8 Å². The molecule has 4 rings (SSSR count). The van der Waals surface area contributed by atoms with Crippen molar-refractivity contribution in [3.8, 4) is 0 Å². The fraction of sp³-hybridized carbons (Fsp3) is 0.450. The van der Waals surface area contributed by atoms with Crippen molar-refractivity contribution in [3.05, 3.63) is 40.3 Å². The van der Waals surface area contributed by atoms with Crippen LogP contribution in [0.25, 0.3) is 0 Å². The molecule has 3 aliphatic heterocycles. The minimum Gasteiger partial charge on any atom is -0.442 e. The van der Waals surface area contributed by atoms with E-state index in [-0.39, 0.29) is 17.7 Å². The van der Waals surface area contributed by atoms with Crippen LogP contribution in [0.5, 0.6) is 0 Å². The van der Waals surface area contributed by atoms with Crippen molar-refractivity contribution in [1.29, 1.82) is 0 Å². The molecule has 8 nitrogen and oxygen atoms in total. The van der Waals surface area contributed by atoms with Crippen LogP contribution in [0.4, 0.5) is 10.5 Å². The zero-order valence-corrected chi connectivity index (χ0v) is 18.4. The predicted octanol–water partition coefficient (Wildman–Crippen LogP) is 2.25. The fourth-order valence-electron chi connectivity index (χ4n) is 3.52. The molecule has 1 unspecified atom stereocenters. The number of carbonyl (C=O) groups excluding carboxylic acids is 2. The number of thioether (sulfide) groups is 1. The number of amides is 2. The third-order valence-corrected chi connectivity index (χ3v) is 6.75. The van der Waals surface area contributed by atoms with E-state index in [0.717, 1.165) is 30.2 Å². The van der Waals surface area contributed by atoms with Gasteiger partial charge < -0.3 is 15.0 Å². The number of hydrogen-bond acceptors (Lipinski definition) is 7. The number of rotatable bonds is 5. The predicted molar refractivity (Wildman–Crippen MR) is 119 cm³/mol. The number of hydrazone groups is 1. The van der Waals surface area contributed by atoms with Gasteiger partial charge in [-0.05, 0) is 30.7 Å². The summed E-state index contributed by atoms with van der Waals surface area (Å²) < 4.78 is 6.08. The highest BCUT2D eigenvalue weighted by molar-refractivity contribution is 8.06. The molecule has 2 atom stereocenters. The fourth-order valence-corrected chi connectivity index (χ4v) is 4.78. The first-order valence-corrected chi connectivity index (χ1v) is 11.1. The van der Waals surface area contributed by atoms with E-state index in [4.69, 9.17) is 16.3 Å². The third-order valence-electron chi connectivity index (χ3n) is 5.24. The number of hydrogen-bond donors (Lipinski definition) is 1. The van der Waals surface area contributed by atoms with Crippen molar-refractivity contribution < 1.29 is 14.3 Å². The molecule has 2 amide bonds. The summed E-state index contributed by atoms with van der Waals surface area (Å²) in [4.78, 5) is 28.3. The zero-order valence-electron chi connectivity index (χ0n) is 16.9. The monoisotopic (exact) mass is 449 g/mol. The van der Waals surface area contributed by atoms with Gasteiger partial charge in [-0.3, -0.25) is 14.7 Å². The number of amidine groups is 1. The number of nitrogens with one attached hydrogen (secondary N) is 1. The number of anilines is 1. The second-order valence-corrected chi connectivity index (χ2v) is 9.36. The largest absolute Gasteiger partial charge is 0.442 e. The van der Waals surface area contributed by atoms with Crippen LogP contribution >= 0.6 is 23.4 Å². The number of nitrogens with zero attached hydrogens (tertiary/aromatic N) is 4. The average molecular weight is 450 g/mol. The number of halogens is 1. The molecule has 1 saturated heterocycles. The summed E-state index contributed by atoms with van der Waals surface area (Å²) in [7, 11) is 3.97. The summed E-state index contributed by atoms with van der Waals surface area (Å²) >= 11 is 7.26. The number of benzene rings is 1. The Hall–Kier alpha value is -2.39. The van der Waals surface area contributed by atoms with Gasteiger partial charge in [-0.25, -0.2) is 4.79 Å². The first kappa shape index (κ1) is 20.9. The molecule has 160 valence electrons. The van der Waals surface area contributed by atoms with Gasteiger partial charge in [0.2, 0.25) is 5.91 Å². The molecular weight excluding hydrogens is 426 g/mol. The average Bonchev–Trinajstić information content (AvgIpc) is 3.34. The van der Waals surface area contributed by atoms with Crippen LogP contribution in [-0.4, -0.2) is 79.4 Å². The van der Waals surface area contributed by atoms with E-state index in [1.54, 1.807) is 4.90 Å². The van der Waals surface area contributed by atoms with Gasteiger partial charge in [-0.1, -0.05) is 17.7 Å². The number of cyclic esters (lactones) is 1. The van der Waals surface area contributed by atoms with Crippen LogP contribution in [-0.2, 0) is 9.53 Å². The van der Waals surface area contributed by atoms with E-state index >= 15 is 0 Å². The molecule has 3 heterocycles. The molecule has 0 saturated carbocycles. The summed E-state index contributed by atoms with van der Waals surface area (Å²) in [5.41, 5.74) is 1.75. The molecule has 10 heteroatoms. The second-order valence-electron chi connectivity index (χ2n) is 7.49. The molecule has 1 aromatic carbocycles. The van der Waals surface area contributed by atoms with Gasteiger partial charge in [-0.2, -0.15) is 5.10 Å². The van der Waals surface area contributed by atoms with Crippen LogP contribution in [0.3, 0.4) is 0 Å². The van der Waals surface area contributed by atoms with Gasteiger partial charge >= 0.3 is 6.09 Å². The molecule has 30 heavy (non-hydrogen) atoms. The number of carbonyl (C=O) groups is 2. The molecule has 0 aliphatic carbocycles. The van der Waals surface area contributed by atoms with Crippen LogP contribution in [0.15, 0.2) is 39.8 Å². The van der Waals surface area contributed by atoms with Gasteiger partial charge in [0.25, 0.3) is 0 Å². The molecule has 0 bridgehead atoms. The van der Waals surface area contributed by atoms with Crippen molar-refractivity contribution in [2.24, 2.45) is 5.10 Å². The maximum absolute atomic E-state index is 12.3. The summed E-state index contributed by atoms with van der Waals surface area (Å²) in [5, 5.41) is 9.16. The Morgan fingerprint density at radius 1 is 1.30 bits per heavy atom. The number of allylic oxidation sites excluding steroid dienone is 1. The molecule has 1 N–H and O–H groups in total. The van der Waals surface area contributed by atoms with Gasteiger partial charge in [0, 0.05) is 31.9 Å². The van der Waals surface area contributed by atoms with Crippen LogP contribution in [0, 0.1) is 0 Å². The Labute approximate surface area is 184 Å². The first-order valence-electron chi connectivity index (χ1n) is 9.80. The van der Waals surface area contributed by atoms with Crippen molar-refractivity contribution >= 4 is 46.9 Å². The Bertz CT molecular complexity index is 891. The lowest BCUT2D eigenvalue weighted by atomic mass is 10.1. The van der Waals surface area contributed by atoms with Gasteiger partial charge in [-0.15, -0.1) is 11.8 Å². The summed E-state index contributed by atoms with van der Waals surface area (Å²) in [5.74, 6) is 0.812. The first-order chi connectivity index (χ1) is 14.4. The highest BCUT2D eigenvalue weighted by Crippen LogP contribution is 2.34. The quantitative estimate of drug-likeness (QED) is 0.743. The van der Waals surface area contributed by atoms with Crippen LogP contribution in [0.2, 0.25) is 0 Å². The molecule has 0 spiro atoms. The lowest BCUT2D eigenvalue weighted by Gasteiger charge is -2.30. The van der Waals surface area contributed by atoms with Crippen molar-refractivity contribution in [2.75, 3.05) is 45.2 Å². The molecule has 1 fully saturated rings. The van der Waals surface area contributed by atoms with Gasteiger partial charge in [0.1, 0.15) is 6.10 Å². The molecule has 0 aromatic heterocycles. The lowest BCUT2D eigenvalue weighted by Crippen LogP contribution is -2.40. The van der Waals surface area contributed by atoms with Gasteiger partial charge in [0.05, 0.1) is 29.2 Å².